The predicted molar refractivity (Wildman–Crippen MR) is 114 cm³/mol. The number of pyridine rings is 1. The predicted octanol–water partition coefficient (Wildman–Crippen LogP) is 3.76. The van der Waals surface area contributed by atoms with Gasteiger partial charge in [0.2, 0.25) is 10.0 Å². The van der Waals surface area contributed by atoms with Gasteiger partial charge in [-0.25, -0.2) is 23.1 Å². The van der Waals surface area contributed by atoms with Crippen LogP contribution in [0.2, 0.25) is 0 Å². The van der Waals surface area contributed by atoms with Crippen LogP contribution in [0.3, 0.4) is 0 Å². The number of sulfonamides is 1. The highest BCUT2D eigenvalue weighted by Gasteiger charge is 2.33. The van der Waals surface area contributed by atoms with Gasteiger partial charge in [0.15, 0.2) is 5.65 Å². The quantitative estimate of drug-likeness (QED) is 0.678. The maximum atomic E-state index is 12.4. The number of nitrogens with one attached hydrogen (secondary N) is 2. The van der Waals surface area contributed by atoms with Crippen LogP contribution in [0.1, 0.15) is 58.1 Å². The van der Waals surface area contributed by atoms with Crippen LogP contribution < -0.4 is 4.72 Å². The molecule has 7 nitrogen and oxygen atoms in total. The van der Waals surface area contributed by atoms with Gasteiger partial charge in [-0.1, -0.05) is 6.07 Å². The molecule has 8 heteroatoms. The molecule has 0 radical (unpaired) electrons. The Kier molecular flexibility index (Phi) is 5.16. The molecule has 3 heterocycles. The molecule has 0 saturated heterocycles. The molecule has 4 rings (SSSR count). The third-order valence-electron chi connectivity index (χ3n) is 5.58. The standard InChI is InChI=1S/C21H27N5O2S/c1-21(2,3)29(27,28)26-15-9-7-14(8-10-15)17-12-18-20(25-17)23-13-19(24-18)16-6-4-5-11-22-16/h4-6,11-15,26H,7-10H2,1-3H3,(H,23,25). The summed E-state index contributed by atoms with van der Waals surface area (Å²) in [6, 6.07) is 7.81. The molecule has 0 amide bonds. The Hall–Kier alpha value is -2.32. The van der Waals surface area contributed by atoms with Gasteiger partial charge in [-0.3, -0.25) is 4.98 Å². The highest BCUT2D eigenvalue weighted by Crippen LogP contribution is 2.34. The van der Waals surface area contributed by atoms with Crippen molar-refractivity contribution < 1.29 is 8.42 Å². The first kappa shape index (κ1) is 20.0. The third kappa shape index (κ3) is 4.18. The van der Waals surface area contributed by atoms with E-state index in [9.17, 15) is 8.42 Å². The van der Waals surface area contributed by atoms with Crippen molar-refractivity contribution in [1.29, 1.82) is 0 Å². The maximum absolute atomic E-state index is 12.4. The van der Waals surface area contributed by atoms with Crippen molar-refractivity contribution in [1.82, 2.24) is 24.7 Å². The number of nitrogens with zero attached hydrogens (tertiary/aromatic N) is 3. The van der Waals surface area contributed by atoms with E-state index in [1.807, 2.05) is 18.2 Å². The second-order valence-electron chi connectivity index (χ2n) is 8.71. The molecule has 0 bridgehead atoms. The van der Waals surface area contributed by atoms with Crippen LogP contribution in [0, 0.1) is 0 Å². The van der Waals surface area contributed by atoms with Crippen molar-refractivity contribution >= 4 is 21.2 Å². The van der Waals surface area contributed by atoms with Crippen molar-refractivity contribution in [3.63, 3.8) is 0 Å². The van der Waals surface area contributed by atoms with Gasteiger partial charge in [-0.05, 0) is 70.6 Å². The Morgan fingerprint density at radius 2 is 1.83 bits per heavy atom. The van der Waals surface area contributed by atoms with E-state index in [1.165, 1.54) is 0 Å². The van der Waals surface area contributed by atoms with E-state index < -0.39 is 14.8 Å². The van der Waals surface area contributed by atoms with Crippen molar-refractivity contribution in [2.24, 2.45) is 0 Å². The number of H-pyrrole nitrogens is 1. The van der Waals surface area contributed by atoms with E-state index in [0.717, 1.165) is 53.9 Å². The van der Waals surface area contributed by atoms with E-state index in [0.29, 0.717) is 5.92 Å². The summed E-state index contributed by atoms with van der Waals surface area (Å²) in [6.07, 6.45) is 7.00. The Morgan fingerprint density at radius 3 is 2.48 bits per heavy atom. The number of rotatable bonds is 4. The summed E-state index contributed by atoms with van der Waals surface area (Å²) in [5.74, 6) is 0.361. The summed E-state index contributed by atoms with van der Waals surface area (Å²) in [7, 11) is -3.31. The molecule has 0 aromatic carbocycles. The Bertz CT molecular complexity index is 1100. The van der Waals surface area contributed by atoms with Crippen LogP contribution in [0.25, 0.3) is 22.6 Å². The van der Waals surface area contributed by atoms with Gasteiger partial charge in [0.1, 0.15) is 11.2 Å². The molecule has 2 N–H and O–H groups in total. The van der Waals surface area contributed by atoms with Crippen molar-refractivity contribution in [3.05, 3.63) is 42.4 Å². The molecule has 1 aliphatic rings. The van der Waals surface area contributed by atoms with Crippen LogP contribution in [0.15, 0.2) is 36.7 Å². The lowest BCUT2D eigenvalue weighted by molar-refractivity contribution is 0.368. The lowest BCUT2D eigenvalue weighted by atomic mass is 9.84. The molecule has 0 unspecified atom stereocenters. The topological polar surface area (TPSA) is 101 Å². The van der Waals surface area contributed by atoms with Gasteiger partial charge < -0.3 is 4.98 Å². The highest BCUT2D eigenvalue weighted by molar-refractivity contribution is 7.90. The summed E-state index contributed by atoms with van der Waals surface area (Å²) >= 11 is 0. The lowest BCUT2D eigenvalue weighted by Gasteiger charge is -2.31. The monoisotopic (exact) mass is 413 g/mol. The van der Waals surface area contributed by atoms with E-state index in [4.69, 9.17) is 4.98 Å². The second kappa shape index (κ2) is 7.50. The van der Waals surface area contributed by atoms with E-state index in [-0.39, 0.29) is 6.04 Å². The number of fused-ring (bicyclic) bond motifs is 1. The van der Waals surface area contributed by atoms with Crippen LogP contribution in [-0.2, 0) is 10.0 Å². The average Bonchev–Trinajstić information content (AvgIpc) is 3.11. The smallest absolute Gasteiger partial charge is 0.216 e. The zero-order valence-corrected chi connectivity index (χ0v) is 17.8. The van der Waals surface area contributed by atoms with Gasteiger partial charge in [0.05, 0.1) is 16.6 Å². The molecule has 29 heavy (non-hydrogen) atoms. The molecule has 0 aliphatic heterocycles. The molecular weight excluding hydrogens is 386 g/mol. The lowest BCUT2D eigenvalue weighted by Crippen LogP contribution is -2.45. The minimum atomic E-state index is -3.31. The maximum Gasteiger partial charge on any atom is 0.216 e. The fraction of sp³-hybridized carbons (Fsp3) is 0.476. The molecule has 1 aliphatic carbocycles. The zero-order valence-electron chi connectivity index (χ0n) is 17.0. The largest absolute Gasteiger partial charge is 0.342 e. The van der Waals surface area contributed by atoms with Gasteiger partial charge in [-0.15, -0.1) is 0 Å². The van der Waals surface area contributed by atoms with Gasteiger partial charge in [0, 0.05) is 17.9 Å². The van der Waals surface area contributed by atoms with Crippen LogP contribution in [0.5, 0.6) is 0 Å². The Balaban J connectivity index is 1.46. The Morgan fingerprint density at radius 1 is 1.07 bits per heavy atom. The summed E-state index contributed by atoms with van der Waals surface area (Å²) in [5.41, 5.74) is 4.28. The number of hydrogen-bond acceptors (Lipinski definition) is 5. The van der Waals surface area contributed by atoms with Crippen molar-refractivity contribution in [3.8, 4) is 11.4 Å². The van der Waals surface area contributed by atoms with Gasteiger partial charge >= 0.3 is 0 Å². The molecular formula is C21H27N5O2S. The van der Waals surface area contributed by atoms with Crippen LogP contribution >= 0.6 is 0 Å². The molecule has 154 valence electrons. The zero-order chi connectivity index (χ0) is 20.6. The number of aromatic nitrogens is 4. The van der Waals surface area contributed by atoms with Gasteiger partial charge in [-0.2, -0.15) is 0 Å². The first-order valence-corrected chi connectivity index (χ1v) is 11.5. The van der Waals surface area contributed by atoms with Gasteiger partial charge in [0.25, 0.3) is 0 Å². The van der Waals surface area contributed by atoms with Crippen molar-refractivity contribution in [2.75, 3.05) is 0 Å². The van der Waals surface area contributed by atoms with Crippen LogP contribution in [-0.4, -0.2) is 39.1 Å². The Labute approximate surface area is 171 Å². The molecule has 3 aromatic heterocycles. The molecule has 1 fully saturated rings. The molecule has 0 atom stereocenters. The van der Waals surface area contributed by atoms with E-state index in [2.05, 4.69) is 25.7 Å². The first-order chi connectivity index (χ1) is 13.7. The fourth-order valence-electron chi connectivity index (χ4n) is 3.70. The molecule has 0 spiro atoms. The number of hydrogen-bond donors (Lipinski definition) is 2. The average molecular weight is 414 g/mol. The highest BCUT2D eigenvalue weighted by atomic mass is 32.2. The molecule has 3 aromatic rings. The summed E-state index contributed by atoms with van der Waals surface area (Å²) in [6.45, 7) is 5.18. The summed E-state index contributed by atoms with van der Waals surface area (Å²) < 4.78 is 26.9. The first-order valence-electron chi connectivity index (χ1n) is 10.0. The number of aromatic amines is 1. The fourth-order valence-corrected chi connectivity index (χ4v) is 4.72. The second-order valence-corrected chi connectivity index (χ2v) is 11.2. The molecule has 1 saturated carbocycles. The van der Waals surface area contributed by atoms with Crippen LogP contribution in [0.4, 0.5) is 0 Å². The summed E-state index contributed by atoms with van der Waals surface area (Å²) in [4.78, 5) is 17.0. The SMILES string of the molecule is CC(C)(C)S(=O)(=O)NC1CCC(c2cc3nc(-c4ccccn4)cnc3[nH]2)CC1. The minimum Gasteiger partial charge on any atom is -0.342 e. The minimum absolute atomic E-state index is 0.00635. The third-order valence-corrected chi connectivity index (χ3v) is 7.83. The van der Waals surface area contributed by atoms with Crippen molar-refractivity contribution in [2.45, 2.75) is 63.2 Å². The normalized spacial score (nSPS) is 20.8. The van der Waals surface area contributed by atoms with E-state index >= 15 is 0 Å². The van der Waals surface area contributed by atoms with E-state index in [1.54, 1.807) is 33.2 Å². The summed E-state index contributed by atoms with van der Waals surface area (Å²) in [5, 5.41) is 0.